The fourth-order valence-corrected chi connectivity index (χ4v) is 1.77. The van der Waals surface area contributed by atoms with Crippen molar-refractivity contribution in [3.63, 3.8) is 0 Å². The number of ether oxygens (including phenoxy) is 1. The van der Waals surface area contributed by atoms with Crippen LogP contribution in [0.25, 0.3) is 0 Å². The van der Waals surface area contributed by atoms with Gasteiger partial charge in [-0.3, -0.25) is 0 Å². The second-order valence-electron chi connectivity index (χ2n) is 3.94. The minimum atomic E-state index is 0.413. The molecule has 0 unspecified atom stereocenters. The number of nitrogens with one attached hydrogen (secondary N) is 1. The first-order chi connectivity index (χ1) is 9.19. The number of halogens is 1. The van der Waals surface area contributed by atoms with Gasteiger partial charge in [0.1, 0.15) is 17.5 Å². The Morgan fingerprint density at radius 2 is 2.11 bits per heavy atom. The van der Waals surface area contributed by atoms with E-state index >= 15 is 0 Å². The summed E-state index contributed by atoms with van der Waals surface area (Å²) in [7, 11) is 1.63. The van der Waals surface area contributed by atoms with Gasteiger partial charge in [0.2, 0.25) is 0 Å². The number of benzene rings is 1. The molecule has 1 heterocycles. The topological polar surface area (TPSA) is 73.1 Å². The number of aromatic nitrogens is 2. The van der Waals surface area contributed by atoms with Gasteiger partial charge in [-0.15, -0.1) is 0 Å². The summed E-state index contributed by atoms with van der Waals surface area (Å²) in [6.45, 7) is 0.551. The standard InChI is InChI=1S/C13H15ClN4O/c1-19-7-6-12-17-11(15)8-13(18-12)16-10-5-3-2-4-9(10)14/h2-5,8H,6-7H2,1H3,(H3,15,16,17,18). The lowest BCUT2D eigenvalue weighted by atomic mass is 10.3. The van der Waals surface area contributed by atoms with Crippen LogP contribution in [0.3, 0.4) is 0 Å². The Balaban J connectivity index is 2.20. The molecule has 0 aliphatic rings. The van der Waals surface area contributed by atoms with E-state index in [-0.39, 0.29) is 0 Å². The molecule has 0 aliphatic carbocycles. The number of nitrogen functional groups attached to an aromatic ring is 1. The third-order valence-electron chi connectivity index (χ3n) is 2.46. The molecule has 0 aliphatic heterocycles. The monoisotopic (exact) mass is 278 g/mol. The number of anilines is 3. The number of hydrogen-bond donors (Lipinski definition) is 2. The summed E-state index contributed by atoms with van der Waals surface area (Å²) in [5, 5.41) is 3.75. The van der Waals surface area contributed by atoms with Crippen LogP contribution in [0.15, 0.2) is 30.3 Å². The van der Waals surface area contributed by atoms with Gasteiger partial charge < -0.3 is 15.8 Å². The molecule has 19 heavy (non-hydrogen) atoms. The zero-order chi connectivity index (χ0) is 13.7. The van der Waals surface area contributed by atoms with Gasteiger partial charge in [-0.25, -0.2) is 9.97 Å². The average Bonchev–Trinajstić information content (AvgIpc) is 2.38. The van der Waals surface area contributed by atoms with Crippen LogP contribution in [-0.4, -0.2) is 23.7 Å². The molecule has 0 saturated heterocycles. The van der Waals surface area contributed by atoms with E-state index in [1.807, 2.05) is 18.2 Å². The van der Waals surface area contributed by atoms with Crippen LogP contribution in [-0.2, 0) is 11.2 Å². The highest BCUT2D eigenvalue weighted by Gasteiger charge is 2.05. The molecule has 1 aromatic heterocycles. The highest BCUT2D eigenvalue weighted by Crippen LogP contribution is 2.24. The van der Waals surface area contributed by atoms with E-state index in [2.05, 4.69) is 15.3 Å². The first-order valence-electron chi connectivity index (χ1n) is 5.83. The molecule has 0 atom stereocenters. The predicted molar refractivity (Wildman–Crippen MR) is 76.8 cm³/mol. The molecule has 5 nitrogen and oxygen atoms in total. The first kappa shape index (κ1) is 13.6. The van der Waals surface area contributed by atoms with E-state index < -0.39 is 0 Å². The summed E-state index contributed by atoms with van der Waals surface area (Å²) < 4.78 is 5.00. The average molecular weight is 279 g/mol. The molecule has 0 saturated carbocycles. The fourth-order valence-electron chi connectivity index (χ4n) is 1.59. The molecule has 2 aromatic rings. The lowest BCUT2D eigenvalue weighted by Crippen LogP contribution is -2.06. The molecular weight excluding hydrogens is 264 g/mol. The van der Waals surface area contributed by atoms with Crippen molar-refractivity contribution in [1.29, 1.82) is 0 Å². The van der Waals surface area contributed by atoms with E-state index in [0.717, 1.165) is 5.69 Å². The summed E-state index contributed by atoms with van der Waals surface area (Å²) in [6.07, 6.45) is 0.610. The molecule has 0 radical (unpaired) electrons. The van der Waals surface area contributed by atoms with Crippen LogP contribution in [0.1, 0.15) is 5.82 Å². The van der Waals surface area contributed by atoms with Gasteiger partial charge >= 0.3 is 0 Å². The number of methoxy groups -OCH3 is 1. The van der Waals surface area contributed by atoms with Crippen molar-refractivity contribution in [2.75, 3.05) is 24.8 Å². The van der Waals surface area contributed by atoms with Crippen LogP contribution in [0.2, 0.25) is 5.02 Å². The van der Waals surface area contributed by atoms with Gasteiger partial charge in [0.15, 0.2) is 0 Å². The third kappa shape index (κ3) is 3.81. The van der Waals surface area contributed by atoms with Crippen molar-refractivity contribution in [3.8, 4) is 0 Å². The van der Waals surface area contributed by atoms with Crippen LogP contribution in [0.5, 0.6) is 0 Å². The predicted octanol–water partition coefficient (Wildman–Crippen LogP) is 2.64. The highest BCUT2D eigenvalue weighted by molar-refractivity contribution is 6.33. The Kier molecular flexibility index (Phi) is 4.54. The van der Waals surface area contributed by atoms with Crippen LogP contribution < -0.4 is 11.1 Å². The van der Waals surface area contributed by atoms with Crippen LogP contribution in [0, 0.1) is 0 Å². The summed E-state index contributed by atoms with van der Waals surface area (Å²) in [4.78, 5) is 8.52. The molecule has 0 fully saturated rings. The van der Waals surface area contributed by atoms with E-state index in [0.29, 0.717) is 35.5 Å². The number of hydrogen-bond acceptors (Lipinski definition) is 5. The number of nitrogens with zero attached hydrogens (tertiary/aromatic N) is 2. The highest BCUT2D eigenvalue weighted by atomic mass is 35.5. The van der Waals surface area contributed by atoms with Crippen molar-refractivity contribution in [1.82, 2.24) is 9.97 Å². The maximum absolute atomic E-state index is 6.08. The minimum Gasteiger partial charge on any atom is -0.384 e. The Bertz CT molecular complexity index is 562. The molecule has 0 amide bonds. The van der Waals surface area contributed by atoms with Crippen molar-refractivity contribution in [2.24, 2.45) is 0 Å². The second-order valence-corrected chi connectivity index (χ2v) is 4.35. The number of para-hydroxylation sites is 1. The quantitative estimate of drug-likeness (QED) is 0.880. The Morgan fingerprint density at radius 3 is 2.84 bits per heavy atom. The van der Waals surface area contributed by atoms with Crippen molar-refractivity contribution in [3.05, 3.63) is 41.2 Å². The smallest absolute Gasteiger partial charge is 0.136 e. The van der Waals surface area contributed by atoms with E-state index in [1.165, 1.54) is 0 Å². The van der Waals surface area contributed by atoms with Gasteiger partial charge in [-0.1, -0.05) is 23.7 Å². The molecular formula is C13H15ClN4O. The minimum absolute atomic E-state index is 0.413. The van der Waals surface area contributed by atoms with Gasteiger partial charge in [0.25, 0.3) is 0 Å². The second kappa shape index (κ2) is 6.36. The third-order valence-corrected chi connectivity index (χ3v) is 2.79. The number of nitrogens with two attached hydrogens (primary N) is 1. The lowest BCUT2D eigenvalue weighted by molar-refractivity contribution is 0.200. The zero-order valence-electron chi connectivity index (χ0n) is 10.6. The van der Waals surface area contributed by atoms with E-state index in [9.17, 15) is 0 Å². The molecule has 100 valence electrons. The lowest BCUT2D eigenvalue weighted by Gasteiger charge is -2.09. The van der Waals surface area contributed by atoms with Gasteiger partial charge in [-0.2, -0.15) is 0 Å². The first-order valence-corrected chi connectivity index (χ1v) is 6.21. The van der Waals surface area contributed by atoms with Gasteiger partial charge in [0.05, 0.1) is 17.3 Å². The van der Waals surface area contributed by atoms with Crippen LogP contribution >= 0.6 is 11.6 Å². The SMILES string of the molecule is COCCc1nc(N)cc(Nc2ccccc2Cl)n1. The van der Waals surface area contributed by atoms with E-state index in [1.54, 1.807) is 19.2 Å². The molecule has 3 N–H and O–H groups in total. The Labute approximate surface area is 116 Å². The number of rotatable bonds is 5. The maximum Gasteiger partial charge on any atom is 0.136 e. The summed E-state index contributed by atoms with van der Waals surface area (Å²) in [5.41, 5.74) is 6.54. The van der Waals surface area contributed by atoms with Gasteiger partial charge in [-0.05, 0) is 12.1 Å². The van der Waals surface area contributed by atoms with Crippen molar-refractivity contribution in [2.45, 2.75) is 6.42 Å². The summed E-state index contributed by atoms with van der Waals surface area (Å²) in [5.74, 6) is 1.67. The largest absolute Gasteiger partial charge is 0.384 e. The summed E-state index contributed by atoms with van der Waals surface area (Å²) in [6, 6.07) is 9.10. The zero-order valence-corrected chi connectivity index (χ0v) is 11.3. The Hall–Kier alpha value is -1.85. The summed E-state index contributed by atoms with van der Waals surface area (Å²) >= 11 is 6.08. The van der Waals surface area contributed by atoms with Gasteiger partial charge in [0, 0.05) is 19.6 Å². The van der Waals surface area contributed by atoms with E-state index in [4.69, 9.17) is 22.1 Å². The Morgan fingerprint density at radius 1 is 1.32 bits per heavy atom. The molecule has 6 heteroatoms. The molecule has 2 rings (SSSR count). The normalized spacial score (nSPS) is 10.4. The van der Waals surface area contributed by atoms with Crippen molar-refractivity contribution >= 4 is 28.9 Å². The van der Waals surface area contributed by atoms with Crippen LogP contribution in [0.4, 0.5) is 17.3 Å². The fraction of sp³-hybridized carbons (Fsp3) is 0.231. The maximum atomic E-state index is 6.08. The van der Waals surface area contributed by atoms with Crippen molar-refractivity contribution < 1.29 is 4.74 Å². The molecule has 0 bridgehead atoms. The molecule has 1 aromatic carbocycles. The molecule has 0 spiro atoms.